The number of nitrogens with zero attached hydrogens (tertiary/aromatic N) is 2. The number of carboxylic acids is 1. The Kier molecular flexibility index (Phi) is 8.82. The van der Waals surface area contributed by atoms with Crippen LogP contribution in [0.5, 0.6) is 0 Å². The van der Waals surface area contributed by atoms with E-state index in [1.165, 1.54) is 4.90 Å². The Morgan fingerprint density at radius 2 is 1.60 bits per heavy atom. The number of amides is 1. The maximum atomic E-state index is 15.3. The van der Waals surface area contributed by atoms with Gasteiger partial charge in [0.2, 0.25) is 10.0 Å². The van der Waals surface area contributed by atoms with Crippen molar-refractivity contribution in [2.45, 2.75) is 61.6 Å². The first kappa shape index (κ1) is 31.7. The van der Waals surface area contributed by atoms with Gasteiger partial charge in [-0.15, -0.1) is 0 Å². The first-order valence-electron chi connectivity index (χ1n) is 14.6. The van der Waals surface area contributed by atoms with Gasteiger partial charge in [-0.3, -0.25) is 13.9 Å². The fourth-order valence-corrected chi connectivity index (χ4v) is 8.28. The molecule has 1 unspecified atom stereocenters. The average Bonchev–Trinajstić information content (AvgIpc) is 3.90. The number of morpholine rings is 1. The summed E-state index contributed by atoms with van der Waals surface area (Å²) in [6, 6.07) is 14.9. The lowest BCUT2D eigenvalue weighted by Gasteiger charge is -2.49. The van der Waals surface area contributed by atoms with E-state index in [0.717, 1.165) is 22.5 Å². The monoisotopic (exact) mass is 678 g/mol. The SMILES string of the molecule is O=C(O)C[C@@H]1O[C@H](c2cccc(Cl)c2)C(c2ccc(Cl)cc2)N([C@H](CN(c2c(F)cccc2F)S(=O)(=O)C2CC2)C2CC2)C1=O. The van der Waals surface area contributed by atoms with E-state index in [4.69, 9.17) is 27.9 Å². The molecule has 3 aromatic carbocycles. The number of ether oxygens (including phenoxy) is 1. The maximum Gasteiger partial charge on any atom is 0.306 e. The molecule has 1 saturated heterocycles. The molecule has 238 valence electrons. The molecule has 1 heterocycles. The van der Waals surface area contributed by atoms with Crippen molar-refractivity contribution in [2.24, 2.45) is 5.92 Å². The molecule has 0 spiro atoms. The van der Waals surface area contributed by atoms with Crippen LogP contribution in [-0.2, 0) is 24.3 Å². The minimum absolute atomic E-state index is 0.223. The highest BCUT2D eigenvalue weighted by atomic mass is 35.5. The van der Waals surface area contributed by atoms with E-state index in [9.17, 15) is 23.1 Å². The molecule has 0 bridgehead atoms. The second kappa shape index (κ2) is 12.5. The molecule has 3 aliphatic rings. The molecular weight excluding hydrogens is 649 g/mol. The van der Waals surface area contributed by atoms with Gasteiger partial charge in [0.15, 0.2) is 11.6 Å². The summed E-state index contributed by atoms with van der Waals surface area (Å²) in [4.78, 5) is 27.7. The number of hydrogen-bond donors (Lipinski definition) is 1. The number of hydrogen-bond acceptors (Lipinski definition) is 5. The highest BCUT2D eigenvalue weighted by molar-refractivity contribution is 7.93. The first-order valence-corrected chi connectivity index (χ1v) is 16.9. The van der Waals surface area contributed by atoms with Crippen LogP contribution in [-0.4, -0.2) is 54.2 Å². The van der Waals surface area contributed by atoms with Gasteiger partial charge in [-0.2, -0.15) is 0 Å². The van der Waals surface area contributed by atoms with Crippen molar-refractivity contribution in [1.29, 1.82) is 0 Å². The summed E-state index contributed by atoms with van der Waals surface area (Å²) in [6.45, 7) is -0.431. The zero-order valence-corrected chi connectivity index (χ0v) is 26.2. The predicted octanol–water partition coefficient (Wildman–Crippen LogP) is 6.53. The van der Waals surface area contributed by atoms with E-state index in [1.807, 2.05) is 0 Å². The van der Waals surface area contributed by atoms with Crippen LogP contribution in [0.15, 0.2) is 66.7 Å². The summed E-state index contributed by atoms with van der Waals surface area (Å²) >= 11 is 12.6. The largest absolute Gasteiger partial charge is 0.481 e. The Bertz CT molecular complexity index is 1700. The summed E-state index contributed by atoms with van der Waals surface area (Å²) in [7, 11) is -4.22. The normalized spacial score (nSPS) is 22.7. The summed E-state index contributed by atoms with van der Waals surface area (Å²) in [6.07, 6.45) is -1.03. The van der Waals surface area contributed by atoms with Gasteiger partial charge in [-0.1, -0.05) is 53.5 Å². The lowest BCUT2D eigenvalue weighted by atomic mass is 9.89. The molecule has 45 heavy (non-hydrogen) atoms. The number of carbonyl (C=O) groups excluding carboxylic acids is 1. The van der Waals surface area contributed by atoms with Crippen molar-refractivity contribution in [3.05, 3.63) is 99.5 Å². The zero-order valence-electron chi connectivity index (χ0n) is 23.9. The van der Waals surface area contributed by atoms with Gasteiger partial charge in [0, 0.05) is 10.0 Å². The van der Waals surface area contributed by atoms with Crippen molar-refractivity contribution in [3.8, 4) is 0 Å². The molecule has 3 fully saturated rings. The quantitative estimate of drug-likeness (QED) is 0.247. The molecule has 1 aliphatic heterocycles. The number of carboxylic acid groups (broad SMARTS) is 1. The second-order valence-corrected chi connectivity index (χ2v) is 14.7. The Labute approximate surface area is 269 Å². The third-order valence-corrected chi connectivity index (χ3v) is 11.2. The van der Waals surface area contributed by atoms with Crippen molar-refractivity contribution < 1.29 is 36.6 Å². The van der Waals surface area contributed by atoms with Crippen LogP contribution in [0.1, 0.15) is 55.4 Å². The molecule has 4 atom stereocenters. The molecule has 0 aromatic heterocycles. The van der Waals surface area contributed by atoms with E-state index in [1.54, 1.807) is 48.5 Å². The van der Waals surface area contributed by atoms with E-state index in [0.29, 0.717) is 46.9 Å². The Balaban J connectivity index is 1.52. The van der Waals surface area contributed by atoms with Gasteiger partial charge in [0.1, 0.15) is 17.9 Å². The van der Waals surface area contributed by atoms with Gasteiger partial charge in [-0.25, -0.2) is 17.2 Å². The number of anilines is 1. The van der Waals surface area contributed by atoms with Crippen LogP contribution in [0.4, 0.5) is 14.5 Å². The number of para-hydroxylation sites is 1. The number of halogens is 4. The minimum atomic E-state index is -4.22. The third kappa shape index (κ3) is 6.54. The van der Waals surface area contributed by atoms with Crippen LogP contribution in [0.25, 0.3) is 0 Å². The van der Waals surface area contributed by atoms with E-state index < -0.39 is 81.7 Å². The standard InChI is InChI=1S/C32H30Cl2F2N2O6S/c33-21-11-9-19(10-12-21)29-31(20-3-1-4-22(34)15-20)44-27(16-28(39)40)32(41)38(29)26(18-7-8-18)17-37(45(42,43)23-13-14-23)30-24(35)5-2-6-25(30)36/h1-6,9-12,15,18,23,26-27,29,31H,7-8,13-14,16-17H2,(H,39,40)/t26-,27+,29?,31-/m1/s1. The fourth-order valence-electron chi connectivity index (χ4n) is 6.07. The minimum Gasteiger partial charge on any atom is -0.481 e. The van der Waals surface area contributed by atoms with Crippen LogP contribution in [0, 0.1) is 17.6 Å². The summed E-state index contributed by atoms with van der Waals surface area (Å²) in [5.74, 6) is -4.24. The number of carbonyl (C=O) groups is 2. The first-order chi connectivity index (χ1) is 21.5. The second-order valence-electron chi connectivity index (χ2n) is 11.7. The smallest absolute Gasteiger partial charge is 0.306 e. The van der Waals surface area contributed by atoms with E-state index >= 15 is 8.78 Å². The predicted molar refractivity (Wildman–Crippen MR) is 165 cm³/mol. The zero-order chi connectivity index (χ0) is 32.0. The molecule has 13 heteroatoms. The van der Waals surface area contributed by atoms with Gasteiger partial charge < -0.3 is 14.7 Å². The van der Waals surface area contributed by atoms with Crippen LogP contribution in [0.2, 0.25) is 10.0 Å². The van der Waals surface area contributed by atoms with Crippen molar-refractivity contribution >= 4 is 50.8 Å². The summed E-state index contributed by atoms with van der Waals surface area (Å²) in [5, 5.41) is 9.74. The molecule has 1 N–H and O–H groups in total. The number of sulfonamides is 1. The third-order valence-electron chi connectivity index (χ3n) is 8.49. The summed E-state index contributed by atoms with van der Waals surface area (Å²) in [5.41, 5.74) is 0.450. The van der Waals surface area contributed by atoms with Crippen molar-refractivity contribution in [2.75, 3.05) is 10.8 Å². The van der Waals surface area contributed by atoms with Crippen LogP contribution in [0.3, 0.4) is 0 Å². The lowest BCUT2D eigenvalue weighted by molar-refractivity contribution is -0.183. The van der Waals surface area contributed by atoms with Crippen molar-refractivity contribution in [1.82, 2.24) is 4.90 Å². The van der Waals surface area contributed by atoms with Crippen LogP contribution >= 0.6 is 23.2 Å². The van der Waals surface area contributed by atoms with E-state index in [-0.39, 0.29) is 5.92 Å². The molecule has 2 saturated carbocycles. The Morgan fingerprint density at radius 1 is 0.956 bits per heavy atom. The number of benzene rings is 3. The average molecular weight is 680 g/mol. The van der Waals surface area contributed by atoms with Crippen molar-refractivity contribution in [3.63, 3.8) is 0 Å². The molecule has 8 nitrogen and oxygen atoms in total. The Morgan fingerprint density at radius 3 is 2.18 bits per heavy atom. The summed E-state index contributed by atoms with van der Waals surface area (Å²) < 4.78 is 65.2. The fraction of sp³-hybridized carbons (Fsp3) is 0.375. The molecule has 1 amide bonds. The topological polar surface area (TPSA) is 104 Å². The molecule has 3 aromatic rings. The van der Waals surface area contributed by atoms with Gasteiger partial charge in [0.25, 0.3) is 5.91 Å². The molecule has 2 aliphatic carbocycles. The highest BCUT2D eigenvalue weighted by Crippen LogP contribution is 2.49. The van der Waals surface area contributed by atoms with E-state index in [2.05, 4.69) is 0 Å². The van der Waals surface area contributed by atoms with Gasteiger partial charge in [-0.05, 0) is 79.1 Å². The number of rotatable bonds is 11. The van der Waals surface area contributed by atoms with Gasteiger partial charge in [0.05, 0.1) is 30.3 Å². The number of aliphatic carboxylic acids is 1. The van der Waals surface area contributed by atoms with Crippen LogP contribution < -0.4 is 4.31 Å². The maximum absolute atomic E-state index is 15.3. The van der Waals surface area contributed by atoms with Gasteiger partial charge >= 0.3 is 5.97 Å². The lowest BCUT2D eigenvalue weighted by Crippen LogP contribution is -2.59. The Hall–Kier alpha value is -3.25. The highest BCUT2D eigenvalue weighted by Gasteiger charge is 2.52. The molecule has 0 radical (unpaired) electrons. The molecular formula is C32H30Cl2F2N2O6S. The molecule has 6 rings (SSSR count).